The van der Waals surface area contributed by atoms with Gasteiger partial charge < -0.3 is 5.32 Å². The van der Waals surface area contributed by atoms with Crippen molar-refractivity contribution in [2.24, 2.45) is 0 Å². The van der Waals surface area contributed by atoms with Crippen LogP contribution in [0.15, 0.2) is 72.8 Å². The van der Waals surface area contributed by atoms with Gasteiger partial charge in [0, 0.05) is 18.0 Å². The second-order valence-electron chi connectivity index (χ2n) is 6.90. The quantitative estimate of drug-likeness (QED) is 0.152. The Bertz CT molecular complexity index is 1170. The predicted molar refractivity (Wildman–Crippen MR) is 131 cm³/mol. The highest BCUT2D eigenvalue weighted by atomic mass is 35.5. The van der Waals surface area contributed by atoms with Crippen LogP contribution in [0.3, 0.4) is 0 Å². The van der Waals surface area contributed by atoms with Crippen LogP contribution in [0.5, 0.6) is 0 Å². The first-order valence-electron chi connectivity index (χ1n) is 9.67. The van der Waals surface area contributed by atoms with Crippen LogP contribution in [0, 0.1) is 10.1 Å². The second kappa shape index (κ2) is 10.9. The third kappa shape index (κ3) is 5.22. The number of nitrogens with one attached hydrogen (secondary N) is 2. The summed E-state index contributed by atoms with van der Waals surface area (Å²) in [6, 6.07) is 22.9. The zero-order valence-corrected chi connectivity index (χ0v) is 18.6. The second-order valence-corrected chi connectivity index (χ2v) is 6.90. The number of halogens is 2. The van der Waals surface area contributed by atoms with E-state index >= 15 is 0 Å². The molecule has 1 aromatic heterocycles. The van der Waals surface area contributed by atoms with Crippen LogP contribution in [-0.4, -0.2) is 16.1 Å². The number of anilines is 1. The highest BCUT2D eigenvalue weighted by Gasteiger charge is 2.20. The normalized spacial score (nSPS) is 11.4. The molecular formula is C23H24Cl2N4O2. The number of pyridine rings is 1. The zero-order valence-electron chi connectivity index (χ0n) is 16.9. The lowest BCUT2D eigenvalue weighted by atomic mass is 10.1. The Morgan fingerprint density at radius 2 is 1.61 bits per heavy atom. The van der Waals surface area contributed by atoms with Crippen LogP contribution in [0.25, 0.3) is 21.8 Å². The Kier molecular flexibility index (Phi) is 8.56. The Labute approximate surface area is 193 Å². The van der Waals surface area contributed by atoms with E-state index in [1.54, 1.807) is 6.07 Å². The molecule has 0 fully saturated rings. The maximum absolute atomic E-state index is 11.7. The van der Waals surface area contributed by atoms with Gasteiger partial charge in [0.25, 0.3) is 5.69 Å². The van der Waals surface area contributed by atoms with Gasteiger partial charge in [-0.1, -0.05) is 61.5 Å². The number of fused-ring (bicyclic) bond motifs is 2. The summed E-state index contributed by atoms with van der Waals surface area (Å²) in [4.78, 5) is 16.0. The van der Waals surface area contributed by atoms with Crippen molar-refractivity contribution in [2.45, 2.75) is 26.1 Å². The van der Waals surface area contributed by atoms with E-state index in [-0.39, 0.29) is 41.6 Å². The molecule has 2 N–H and O–H groups in total. The van der Waals surface area contributed by atoms with Crippen molar-refractivity contribution >= 4 is 58.0 Å². The number of non-ortho nitro benzene ring substituents is 1. The Balaban J connectivity index is 0.00000171. The summed E-state index contributed by atoms with van der Waals surface area (Å²) in [6.45, 7) is 2.78. The number of hydrogen-bond acceptors (Lipinski definition) is 5. The maximum Gasteiger partial charge on any atom is 0.280 e. The minimum absolute atomic E-state index is 0. The monoisotopic (exact) mass is 458 g/mol. The number of para-hydroxylation sites is 1. The average Bonchev–Trinajstić information content (AvgIpc) is 2.76. The van der Waals surface area contributed by atoms with Crippen LogP contribution in [0.1, 0.15) is 18.9 Å². The van der Waals surface area contributed by atoms with Crippen molar-refractivity contribution in [1.82, 2.24) is 10.3 Å². The number of rotatable bonds is 7. The largest absolute Gasteiger partial charge is 0.369 e. The fourth-order valence-corrected chi connectivity index (χ4v) is 3.54. The van der Waals surface area contributed by atoms with Gasteiger partial charge in [0.1, 0.15) is 5.39 Å². The van der Waals surface area contributed by atoms with E-state index in [0.717, 1.165) is 23.0 Å². The SMILES string of the molecule is CCC(NCc1ccccc1)Nc1c2ccccc2nc2cccc([N+](=O)[O-])c12.Cl.Cl. The molecule has 0 radical (unpaired) electrons. The van der Waals surface area contributed by atoms with Gasteiger partial charge in [-0.2, -0.15) is 0 Å². The smallest absolute Gasteiger partial charge is 0.280 e. The molecule has 0 amide bonds. The summed E-state index contributed by atoms with van der Waals surface area (Å²) >= 11 is 0. The topological polar surface area (TPSA) is 80.1 Å². The molecule has 6 nitrogen and oxygen atoms in total. The molecule has 0 bridgehead atoms. The molecule has 0 aliphatic carbocycles. The molecule has 0 aliphatic heterocycles. The van der Waals surface area contributed by atoms with Crippen LogP contribution in [-0.2, 0) is 6.54 Å². The fraction of sp³-hybridized carbons (Fsp3) is 0.174. The van der Waals surface area contributed by atoms with Crippen LogP contribution >= 0.6 is 24.8 Å². The number of benzene rings is 3. The third-order valence-electron chi connectivity index (χ3n) is 5.00. The van der Waals surface area contributed by atoms with Gasteiger partial charge in [0.15, 0.2) is 0 Å². The van der Waals surface area contributed by atoms with Crippen molar-refractivity contribution in [3.63, 3.8) is 0 Å². The van der Waals surface area contributed by atoms with Crippen molar-refractivity contribution in [3.05, 3.63) is 88.5 Å². The fourth-order valence-electron chi connectivity index (χ4n) is 3.54. The van der Waals surface area contributed by atoms with E-state index in [2.05, 4.69) is 34.7 Å². The van der Waals surface area contributed by atoms with Gasteiger partial charge in [0.2, 0.25) is 0 Å². The molecule has 3 aromatic carbocycles. The van der Waals surface area contributed by atoms with Gasteiger partial charge in [-0.05, 0) is 24.1 Å². The first kappa shape index (κ1) is 24.3. The number of nitrogens with zero attached hydrogens (tertiary/aromatic N) is 2. The van der Waals surface area contributed by atoms with Gasteiger partial charge in [-0.25, -0.2) is 4.98 Å². The maximum atomic E-state index is 11.7. The summed E-state index contributed by atoms with van der Waals surface area (Å²) in [7, 11) is 0. The molecular weight excluding hydrogens is 435 g/mol. The van der Waals surface area contributed by atoms with Crippen LogP contribution < -0.4 is 10.6 Å². The molecule has 1 unspecified atom stereocenters. The zero-order chi connectivity index (χ0) is 20.2. The number of aromatic nitrogens is 1. The summed E-state index contributed by atoms with van der Waals surface area (Å²) in [5.41, 5.74) is 3.40. The van der Waals surface area contributed by atoms with Gasteiger partial charge >= 0.3 is 0 Å². The number of nitro groups is 1. The molecule has 1 atom stereocenters. The predicted octanol–water partition coefficient (Wildman–Crippen LogP) is 6.08. The molecule has 8 heteroatoms. The van der Waals surface area contributed by atoms with Crippen molar-refractivity contribution in [3.8, 4) is 0 Å². The van der Waals surface area contributed by atoms with Crippen molar-refractivity contribution in [1.29, 1.82) is 0 Å². The molecule has 0 saturated heterocycles. The lowest BCUT2D eigenvalue weighted by Crippen LogP contribution is -2.35. The molecule has 4 aromatic rings. The Morgan fingerprint density at radius 3 is 2.32 bits per heavy atom. The standard InChI is InChI=1S/C23H22N4O2.2ClH/c1-2-21(24-15-16-9-4-3-5-10-16)26-23-17-11-6-7-12-18(17)25-19-13-8-14-20(22(19)23)27(28)29;;/h3-14,21,24H,2,15H2,1H3,(H,25,26);2*1H. The van der Waals surface area contributed by atoms with E-state index in [1.165, 1.54) is 11.6 Å². The lowest BCUT2D eigenvalue weighted by Gasteiger charge is -2.22. The third-order valence-corrected chi connectivity index (χ3v) is 5.00. The van der Waals surface area contributed by atoms with Crippen molar-refractivity contribution in [2.75, 3.05) is 5.32 Å². The summed E-state index contributed by atoms with van der Waals surface area (Å²) in [5.74, 6) is 0. The minimum Gasteiger partial charge on any atom is -0.369 e. The number of hydrogen-bond donors (Lipinski definition) is 2. The number of nitro benzene ring substituents is 1. The van der Waals surface area contributed by atoms with E-state index in [4.69, 9.17) is 0 Å². The van der Waals surface area contributed by atoms with Gasteiger partial charge in [0.05, 0.1) is 27.8 Å². The summed E-state index contributed by atoms with van der Waals surface area (Å²) in [5, 5.41) is 20.1. The Hall–Kier alpha value is -2.93. The molecule has 31 heavy (non-hydrogen) atoms. The van der Waals surface area contributed by atoms with Gasteiger partial charge in [-0.15, -0.1) is 24.8 Å². The molecule has 0 spiro atoms. The summed E-state index contributed by atoms with van der Waals surface area (Å²) < 4.78 is 0. The molecule has 162 valence electrons. The molecule has 0 saturated carbocycles. The molecule has 1 heterocycles. The lowest BCUT2D eigenvalue weighted by molar-refractivity contribution is -0.383. The highest BCUT2D eigenvalue weighted by Crippen LogP contribution is 2.36. The first-order chi connectivity index (χ1) is 14.2. The van der Waals surface area contributed by atoms with Crippen LogP contribution in [0.4, 0.5) is 11.4 Å². The summed E-state index contributed by atoms with van der Waals surface area (Å²) in [6.07, 6.45) is 0.759. The van der Waals surface area contributed by atoms with Gasteiger partial charge in [-0.3, -0.25) is 15.4 Å². The molecule has 4 rings (SSSR count). The van der Waals surface area contributed by atoms with Crippen molar-refractivity contribution < 1.29 is 4.92 Å². The van der Waals surface area contributed by atoms with Crippen LogP contribution in [0.2, 0.25) is 0 Å². The molecule has 0 aliphatic rings. The van der Waals surface area contributed by atoms with E-state index in [1.807, 2.05) is 48.5 Å². The highest BCUT2D eigenvalue weighted by molar-refractivity contribution is 6.11. The van der Waals surface area contributed by atoms with E-state index in [0.29, 0.717) is 17.4 Å². The van der Waals surface area contributed by atoms with E-state index < -0.39 is 0 Å². The Morgan fingerprint density at radius 1 is 0.935 bits per heavy atom. The average molecular weight is 459 g/mol. The van der Waals surface area contributed by atoms with E-state index in [9.17, 15) is 10.1 Å². The minimum atomic E-state index is -0.345. The first-order valence-corrected chi connectivity index (χ1v) is 9.67.